The van der Waals surface area contributed by atoms with Crippen LogP contribution >= 0.6 is 0 Å². The standard InChI is InChI=1S/C11H10F2O4/c1-2-16-10(14)6-17-11(15)7-3-4-8(12)9(13)5-7/h3-5H,2,6H2,1H3. The van der Waals surface area contributed by atoms with E-state index in [0.29, 0.717) is 6.07 Å². The highest BCUT2D eigenvalue weighted by Crippen LogP contribution is 2.09. The molecule has 0 amide bonds. The van der Waals surface area contributed by atoms with Gasteiger partial charge >= 0.3 is 11.9 Å². The van der Waals surface area contributed by atoms with Crippen molar-refractivity contribution in [2.24, 2.45) is 0 Å². The first-order valence-corrected chi connectivity index (χ1v) is 4.82. The second-order valence-corrected chi connectivity index (χ2v) is 3.01. The van der Waals surface area contributed by atoms with Gasteiger partial charge in [-0.1, -0.05) is 0 Å². The topological polar surface area (TPSA) is 52.6 Å². The number of hydrogen-bond acceptors (Lipinski definition) is 4. The van der Waals surface area contributed by atoms with Gasteiger partial charge < -0.3 is 9.47 Å². The van der Waals surface area contributed by atoms with Gasteiger partial charge in [-0.2, -0.15) is 0 Å². The summed E-state index contributed by atoms with van der Waals surface area (Å²) in [5.41, 5.74) is -0.173. The summed E-state index contributed by atoms with van der Waals surface area (Å²) in [5, 5.41) is 0. The number of carbonyl (C=O) groups is 2. The molecule has 1 aromatic rings. The van der Waals surface area contributed by atoms with Crippen LogP contribution in [-0.4, -0.2) is 25.2 Å². The van der Waals surface area contributed by atoms with E-state index in [4.69, 9.17) is 0 Å². The van der Waals surface area contributed by atoms with E-state index < -0.39 is 30.2 Å². The van der Waals surface area contributed by atoms with Crippen molar-refractivity contribution in [3.8, 4) is 0 Å². The smallest absolute Gasteiger partial charge is 0.344 e. The summed E-state index contributed by atoms with van der Waals surface area (Å²) in [5.74, 6) is -3.84. The zero-order valence-corrected chi connectivity index (χ0v) is 9.04. The van der Waals surface area contributed by atoms with Gasteiger partial charge in [-0.3, -0.25) is 0 Å². The molecule has 0 unspecified atom stereocenters. The number of hydrogen-bond donors (Lipinski definition) is 0. The Hall–Kier alpha value is -1.98. The fraction of sp³-hybridized carbons (Fsp3) is 0.273. The molecular weight excluding hydrogens is 234 g/mol. The van der Waals surface area contributed by atoms with E-state index in [0.717, 1.165) is 12.1 Å². The lowest BCUT2D eigenvalue weighted by atomic mass is 10.2. The van der Waals surface area contributed by atoms with E-state index in [-0.39, 0.29) is 12.2 Å². The molecule has 0 N–H and O–H groups in total. The zero-order chi connectivity index (χ0) is 12.8. The second kappa shape index (κ2) is 5.93. The van der Waals surface area contributed by atoms with Gasteiger partial charge in [-0.15, -0.1) is 0 Å². The van der Waals surface area contributed by atoms with Gasteiger partial charge in [-0.05, 0) is 25.1 Å². The lowest BCUT2D eigenvalue weighted by molar-refractivity contribution is -0.146. The molecule has 0 aliphatic carbocycles. The summed E-state index contributed by atoms with van der Waals surface area (Å²) in [7, 11) is 0. The molecule has 0 saturated carbocycles. The third kappa shape index (κ3) is 3.82. The third-order valence-corrected chi connectivity index (χ3v) is 1.78. The molecule has 0 heterocycles. The molecule has 17 heavy (non-hydrogen) atoms. The van der Waals surface area contributed by atoms with Crippen LogP contribution in [0, 0.1) is 11.6 Å². The van der Waals surface area contributed by atoms with Gasteiger partial charge in [0.15, 0.2) is 18.2 Å². The summed E-state index contributed by atoms with van der Waals surface area (Å²) in [6.45, 7) is 1.21. The van der Waals surface area contributed by atoms with Crippen molar-refractivity contribution >= 4 is 11.9 Å². The van der Waals surface area contributed by atoms with Crippen molar-refractivity contribution in [2.75, 3.05) is 13.2 Å². The molecule has 0 aromatic heterocycles. The van der Waals surface area contributed by atoms with Crippen molar-refractivity contribution in [2.45, 2.75) is 6.92 Å². The zero-order valence-electron chi connectivity index (χ0n) is 9.04. The Balaban J connectivity index is 2.58. The molecule has 1 aromatic carbocycles. The van der Waals surface area contributed by atoms with Crippen LogP contribution in [0.2, 0.25) is 0 Å². The Kier molecular flexibility index (Phi) is 4.56. The molecule has 0 saturated heterocycles. The molecule has 0 aliphatic heterocycles. The number of halogens is 2. The lowest BCUT2D eigenvalue weighted by Crippen LogP contribution is -2.16. The summed E-state index contributed by atoms with van der Waals surface area (Å²) in [6.07, 6.45) is 0. The Morgan fingerprint density at radius 2 is 1.88 bits per heavy atom. The molecule has 0 fully saturated rings. The molecule has 0 bridgehead atoms. The Morgan fingerprint density at radius 1 is 1.18 bits per heavy atom. The van der Waals surface area contributed by atoms with E-state index in [9.17, 15) is 18.4 Å². The van der Waals surface area contributed by atoms with Crippen LogP contribution in [0.3, 0.4) is 0 Å². The van der Waals surface area contributed by atoms with Gasteiger partial charge in [-0.25, -0.2) is 18.4 Å². The number of esters is 2. The average molecular weight is 244 g/mol. The molecule has 4 nitrogen and oxygen atoms in total. The average Bonchev–Trinajstić information content (AvgIpc) is 2.30. The van der Waals surface area contributed by atoms with Crippen molar-refractivity contribution in [3.63, 3.8) is 0 Å². The van der Waals surface area contributed by atoms with Crippen LogP contribution in [0.15, 0.2) is 18.2 Å². The molecule has 6 heteroatoms. The number of carbonyl (C=O) groups excluding carboxylic acids is 2. The van der Waals surface area contributed by atoms with E-state index in [1.54, 1.807) is 6.92 Å². The van der Waals surface area contributed by atoms with E-state index in [2.05, 4.69) is 9.47 Å². The van der Waals surface area contributed by atoms with Crippen LogP contribution in [0.25, 0.3) is 0 Å². The Bertz CT molecular complexity index is 431. The Morgan fingerprint density at radius 3 is 2.47 bits per heavy atom. The van der Waals surface area contributed by atoms with Crippen LogP contribution in [0.1, 0.15) is 17.3 Å². The van der Waals surface area contributed by atoms with Gasteiger partial charge in [0.2, 0.25) is 0 Å². The van der Waals surface area contributed by atoms with E-state index in [1.165, 1.54) is 0 Å². The minimum atomic E-state index is -1.16. The molecule has 0 aliphatic rings. The van der Waals surface area contributed by atoms with Crippen LogP contribution < -0.4 is 0 Å². The highest BCUT2D eigenvalue weighted by Gasteiger charge is 2.13. The van der Waals surface area contributed by atoms with Crippen molar-refractivity contribution in [1.29, 1.82) is 0 Å². The first kappa shape index (κ1) is 13.1. The van der Waals surface area contributed by atoms with Crippen LogP contribution in [0.5, 0.6) is 0 Å². The van der Waals surface area contributed by atoms with Gasteiger partial charge in [0.1, 0.15) is 0 Å². The van der Waals surface area contributed by atoms with Crippen molar-refractivity contribution in [3.05, 3.63) is 35.4 Å². The minimum Gasteiger partial charge on any atom is -0.463 e. The molecule has 92 valence electrons. The van der Waals surface area contributed by atoms with Gasteiger partial charge in [0.05, 0.1) is 12.2 Å². The van der Waals surface area contributed by atoms with Gasteiger partial charge in [0.25, 0.3) is 0 Å². The highest BCUT2D eigenvalue weighted by atomic mass is 19.2. The fourth-order valence-electron chi connectivity index (χ4n) is 1.03. The largest absolute Gasteiger partial charge is 0.463 e. The lowest BCUT2D eigenvalue weighted by Gasteiger charge is -2.04. The third-order valence-electron chi connectivity index (χ3n) is 1.78. The minimum absolute atomic E-state index is 0.168. The summed E-state index contributed by atoms with van der Waals surface area (Å²) >= 11 is 0. The number of ether oxygens (including phenoxy) is 2. The SMILES string of the molecule is CCOC(=O)COC(=O)c1ccc(F)c(F)c1. The molecule has 0 spiro atoms. The van der Waals surface area contributed by atoms with Crippen molar-refractivity contribution < 1.29 is 27.8 Å². The summed E-state index contributed by atoms with van der Waals surface area (Å²) < 4.78 is 34.4. The van der Waals surface area contributed by atoms with E-state index >= 15 is 0 Å². The maximum Gasteiger partial charge on any atom is 0.344 e. The predicted molar refractivity (Wildman–Crippen MR) is 53.3 cm³/mol. The summed E-state index contributed by atoms with van der Waals surface area (Å²) in [4.78, 5) is 22.2. The second-order valence-electron chi connectivity index (χ2n) is 3.01. The van der Waals surface area contributed by atoms with Gasteiger partial charge in [0, 0.05) is 0 Å². The quantitative estimate of drug-likeness (QED) is 0.756. The molecule has 0 radical (unpaired) electrons. The number of benzene rings is 1. The van der Waals surface area contributed by atoms with Crippen LogP contribution in [-0.2, 0) is 14.3 Å². The maximum absolute atomic E-state index is 12.8. The van der Waals surface area contributed by atoms with Crippen molar-refractivity contribution in [1.82, 2.24) is 0 Å². The monoisotopic (exact) mass is 244 g/mol. The highest BCUT2D eigenvalue weighted by molar-refractivity contribution is 5.90. The number of rotatable bonds is 4. The first-order valence-electron chi connectivity index (χ1n) is 4.82. The predicted octanol–water partition coefficient (Wildman–Crippen LogP) is 1.68. The summed E-state index contributed by atoms with van der Waals surface area (Å²) in [6, 6.07) is 2.56. The molecule has 0 atom stereocenters. The fourth-order valence-corrected chi connectivity index (χ4v) is 1.03. The van der Waals surface area contributed by atoms with E-state index in [1.807, 2.05) is 0 Å². The molecular formula is C11H10F2O4. The van der Waals surface area contributed by atoms with Crippen LogP contribution in [0.4, 0.5) is 8.78 Å². The Labute approximate surface area is 96.1 Å². The molecule has 1 rings (SSSR count). The maximum atomic E-state index is 12.8. The first-order chi connectivity index (χ1) is 8.04. The normalized spacial score (nSPS) is 9.82.